The van der Waals surface area contributed by atoms with Crippen molar-refractivity contribution in [3.63, 3.8) is 0 Å². The van der Waals surface area contributed by atoms with Gasteiger partial charge in [0.1, 0.15) is 6.10 Å². The smallest absolute Gasteiger partial charge is 0.309 e. The van der Waals surface area contributed by atoms with Crippen LogP contribution in [0.15, 0.2) is 0 Å². The number of hydrogen-bond donors (Lipinski definition) is 1. The zero-order chi connectivity index (χ0) is 12.7. The first-order chi connectivity index (χ1) is 7.97. The van der Waals surface area contributed by atoms with Crippen molar-refractivity contribution in [2.75, 3.05) is 0 Å². The molecule has 2 aliphatic rings. The quantitative estimate of drug-likeness (QED) is 0.749. The van der Waals surface area contributed by atoms with E-state index in [1.807, 2.05) is 13.8 Å². The van der Waals surface area contributed by atoms with E-state index in [-0.39, 0.29) is 35.7 Å². The fourth-order valence-electron chi connectivity index (χ4n) is 3.85. The highest BCUT2D eigenvalue weighted by molar-refractivity contribution is 5.79. The third kappa shape index (κ3) is 1.83. The molecule has 1 N–H and O–H groups in total. The van der Waals surface area contributed by atoms with E-state index in [2.05, 4.69) is 6.92 Å². The van der Waals surface area contributed by atoms with Crippen LogP contribution in [0.3, 0.4) is 0 Å². The minimum Gasteiger partial charge on any atom is -0.481 e. The van der Waals surface area contributed by atoms with Gasteiger partial charge in [0.05, 0.1) is 11.8 Å². The molecule has 0 spiro atoms. The van der Waals surface area contributed by atoms with Gasteiger partial charge in [-0.1, -0.05) is 20.3 Å². The highest BCUT2D eigenvalue weighted by Crippen LogP contribution is 2.49. The maximum atomic E-state index is 11.7. The first-order valence-electron chi connectivity index (χ1n) is 6.40. The fraction of sp³-hybridized carbons (Fsp3) is 0.846. The largest absolute Gasteiger partial charge is 0.481 e. The summed E-state index contributed by atoms with van der Waals surface area (Å²) in [5.74, 6) is -1.31. The summed E-state index contributed by atoms with van der Waals surface area (Å²) in [6.45, 7) is 5.90. The predicted molar refractivity (Wildman–Crippen MR) is 61.2 cm³/mol. The molecule has 1 saturated carbocycles. The van der Waals surface area contributed by atoms with Crippen LogP contribution in [0.5, 0.6) is 0 Å². The van der Waals surface area contributed by atoms with Crippen molar-refractivity contribution in [1.29, 1.82) is 0 Å². The average Bonchev–Trinajstić information content (AvgIpc) is 2.52. The predicted octanol–water partition coefficient (Wildman–Crippen LogP) is 1.93. The number of cyclic esters (lactones) is 1. The van der Waals surface area contributed by atoms with Gasteiger partial charge in [0.25, 0.3) is 0 Å². The van der Waals surface area contributed by atoms with E-state index >= 15 is 0 Å². The molecule has 1 heterocycles. The van der Waals surface area contributed by atoms with Crippen LogP contribution in [0.4, 0.5) is 0 Å². The van der Waals surface area contributed by atoms with E-state index in [9.17, 15) is 14.7 Å². The molecule has 4 nitrogen and oxygen atoms in total. The lowest BCUT2D eigenvalue weighted by atomic mass is 9.61. The molecule has 6 atom stereocenters. The van der Waals surface area contributed by atoms with Crippen molar-refractivity contribution in [3.8, 4) is 0 Å². The maximum absolute atomic E-state index is 11.7. The number of carboxylic acids is 1. The summed E-state index contributed by atoms with van der Waals surface area (Å²) in [5.41, 5.74) is 0. The second-order valence-electron chi connectivity index (χ2n) is 5.47. The van der Waals surface area contributed by atoms with Crippen LogP contribution >= 0.6 is 0 Å². The molecule has 0 bridgehead atoms. The van der Waals surface area contributed by atoms with Crippen molar-refractivity contribution in [2.24, 2.45) is 29.6 Å². The molecular formula is C13H20O4. The minimum absolute atomic E-state index is 0.138. The first kappa shape index (κ1) is 12.4. The summed E-state index contributed by atoms with van der Waals surface area (Å²) in [7, 11) is 0. The Morgan fingerprint density at radius 1 is 1.47 bits per heavy atom. The van der Waals surface area contributed by atoms with Gasteiger partial charge < -0.3 is 9.84 Å². The van der Waals surface area contributed by atoms with E-state index < -0.39 is 11.9 Å². The Bertz CT molecular complexity index is 338. The summed E-state index contributed by atoms with van der Waals surface area (Å²) >= 11 is 0. The summed E-state index contributed by atoms with van der Waals surface area (Å²) in [6.07, 6.45) is 1.37. The molecule has 0 aromatic rings. The third-order valence-electron chi connectivity index (χ3n) is 4.60. The summed E-state index contributed by atoms with van der Waals surface area (Å²) in [5, 5.41) is 9.44. The Labute approximate surface area is 101 Å². The van der Waals surface area contributed by atoms with Crippen LogP contribution in [-0.4, -0.2) is 23.1 Å². The summed E-state index contributed by atoms with van der Waals surface area (Å²) < 4.78 is 5.23. The number of aliphatic carboxylic acids is 1. The van der Waals surface area contributed by atoms with Gasteiger partial charge in [-0.15, -0.1) is 0 Å². The number of esters is 1. The van der Waals surface area contributed by atoms with Crippen molar-refractivity contribution in [2.45, 2.75) is 39.7 Å². The highest BCUT2D eigenvalue weighted by Gasteiger charge is 2.55. The van der Waals surface area contributed by atoms with Gasteiger partial charge in [-0.25, -0.2) is 0 Å². The van der Waals surface area contributed by atoms with E-state index in [0.717, 1.165) is 12.8 Å². The van der Waals surface area contributed by atoms with E-state index in [1.165, 1.54) is 0 Å². The van der Waals surface area contributed by atoms with Gasteiger partial charge >= 0.3 is 11.9 Å². The normalized spacial score (nSPS) is 45.2. The zero-order valence-corrected chi connectivity index (χ0v) is 10.6. The van der Waals surface area contributed by atoms with E-state index in [1.54, 1.807) is 0 Å². The van der Waals surface area contributed by atoms with Crippen LogP contribution < -0.4 is 0 Å². The molecule has 1 saturated heterocycles. The Morgan fingerprint density at radius 3 is 2.65 bits per heavy atom. The first-order valence-corrected chi connectivity index (χ1v) is 6.40. The second-order valence-corrected chi connectivity index (χ2v) is 5.47. The van der Waals surface area contributed by atoms with E-state index in [4.69, 9.17) is 4.74 Å². The van der Waals surface area contributed by atoms with Crippen molar-refractivity contribution in [3.05, 3.63) is 0 Å². The number of carbonyl (C=O) groups excluding carboxylic acids is 1. The van der Waals surface area contributed by atoms with Crippen LogP contribution in [0.1, 0.15) is 33.6 Å². The molecule has 0 radical (unpaired) electrons. The molecule has 2 rings (SSSR count). The standard InChI is InChI=1S/C13H20O4/c1-4-8-6(2)5-9-10(11(8)12(14)15)7(3)17-13(9)16/h6-11H,4-5H2,1-3H3,(H,14,15)/t6-,7+,8+,9+,10+,11-/m0/s1. The zero-order valence-electron chi connectivity index (χ0n) is 10.6. The number of carbonyl (C=O) groups is 2. The van der Waals surface area contributed by atoms with Crippen LogP contribution in [0.2, 0.25) is 0 Å². The Hall–Kier alpha value is -1.06. The van der Waals surface area contributed by atoms with Crippen LogP contribution in [0, 0.1) is 29.6 Å². The molecule has 0 unspecified atom stereocenters. The molecule has 1 aliphatic carbocycles. The topological polar surface area (TPSA) is 63.6 Å². The monoisotopic (exact) mass is 240 g/mol. The highest BCUT2D eigenvalue weighted by atomic mass is 16.6. The molecule has 1 aliphatic heterocycles. The van der Waals surface area contributed by atoms with Gasteiger partial charge in [0.2, 0.25) is 0 Å². The minimum atomic E-state index is -0.774. The molecule has 96 valence electrons. The Morgan fingerprint density at radius 2 is 2.12 bits per heavy atom. The molecule has 0 amide bonds. The third-order valence-corrected chi connectivity index (χ3v) is 4.60. The van der Waals surface area contributed by atoms with Crippen molar-refractivity contribution in [1.82, 2.24) is 0 Å². The van der Waals surface area contributed by atoms with Gasteiger partial charge in [-0.2, -0.15) is 0 Å². The number of fused-ring (bicyclic) bond motifs is 1. The molecule has 17 heavy (non-hydrogen) atoms. The van der Waals surface area contributed by atoms with Crippen LogP contribution in [-0.2, 0) is 14.3 Å². The van der Waals surface area contributed by atoms with E-state index in [0.29, 0.717) is 0 Å². The lowest BCUT2D eigenvalue weighted by Gasteiger charge is -2.40. The number of hydrogen-bond acceptors (Lipinski definition) is 3. The Balaban J connectivity index is 2.34. The lowest BCUT2D eigenvalue weighted by molar-refractivity contribution is -0.151. The number of rotatable bonds is 2. The number of ether oxygens (including phenoxy) is 1. The van der Waals surface area contributed by atoms with Gasteiger partial charge in [-0.05, 0) is 25.2 Å². The van der Waals surface area contributed by atoms with Crippen LogP contribution in [0.25, 0.3) is 0 Å². The number of carboxylic acid groups (broad SMARTS) is 1. The summed E-state index contributed by atoms with van der Waals surface area (Å²) in [4.78, 5) is 23.2. The maximum Gasteiger partial charge on any atom is 0.309 e. The van der Waals surface area contributed by atoms with Crippen molar-refractivity contribution >= 4 is 11.9 Å². The Kier molecular flexibility index (Phi) is 3.15. The lowest BCUT2D eigenvalue weighted by Crippen LogP contribution is -2.45. The summed E-state index contributed by atoms with van der Waals surface area (Å²) in [6, 6.07) is 0. The average molecular weight is 240 g/mol. The molecule has 2 fully saturated rings. The SMILES string of the molecule is CC[C@H]1[C@H](C(=O)O)[C@@H]2[C@@H](C)OC(=O)[C@@H]2C[C@@H]1C. The van der Waals surface area contributed by atoms with Gasteiger partial charge in [-0.3, -0.25) is 9.59 Å². The second kappa shape index (κ2) is 4.31. The molecular weight excluding hydrogens is 220 g/mol. The molecule has 0 aromatic heterocycles. The van der Waals surface area contributed by atoms with Gasteiger partial charge in [0.15, 0.2) is 0 Å². The van der Waals surface area contributed by atoms with Gasteiger partial charge in [0, 0.05) is 5.92 Å². The fourth-order valence-corrected chi connectivity index (χ4v) is 3.85. The molecule has 0 aromatic carbocycles. The van der Waals surface area contributed by atoms with Crippen molar-refractivity contribution < 1.29 is 19.4 Å². The molecule has 4 heteroatoms.